The third kappa shape index (κ3) is 4.14. The number of imide groups is 1. The van der Waals surface area contributed by atoms with E-state index < -0.39 is 5.91 Å². The Balaban J connectivity index is 1.81. The van der Waals surface area contributed by atoms with Crippen LogP contribution in [0, 0.1) is 0 Å². The molecule has 1 fully saturated rings. The van der Waals surface area contributed by atoms with Crippen molar-refractivity contribution in [1.82, 2.24) is 15.2 Å². The van der Waals surface area contributed by atoms with Gasteiger partial charge in [0.05, 0.1) is 4.91 Å². The number of ether oxygens (including phenoxy) is 1. The highest BCUT2D eigenvalue weighted by molar-refractivity contribution is 8.18. The fourth-order valence-electron chi connectivity index (χ4n) is 2.74. The summed E-state index contributed by atoms with van der Waals surface area (Å²) in [4.78, 5) is 35.6. The summed E-state index contributed by atoms with van der Waals surface area (Å²) in [6.45, 7) is 1.33. The van der Waals surface area contributed by atoms with Gasteiger partial charge in [-0.25, -0.2) is 0 Å². The van der Waals surface area contributed by atoms with E-state index in [-0.39, 0.29) is 17.7 Å². The zero-order valence-corrected chi connectivity index (χ0v) is 15.1. The third-order valence-electron chi connectivity index (χ3n) is 3.91. The van der Waals surface area contributed by atoms with Crippen LogP contribution >= 0.6 is 11.8 Å². The first-order valence-electron chi connectivity index (χ1n) is 8.17. The summed E-state index contributed by atoms with van der Waals surface area (Å²) >= 11 is 0.877. The van der Waals surface area contributed by atoms with Crippen LogP contribution in [0.25, 0.3) is 17.0 Å². The number of para-hydroxylation sites is 1. The molecule has 0 bridgehead atoms. The van der Waals surface area contributed by atoms with E-state index in [0.717, 1.165) is 34.6 Å². The molecule has 2 N–H and O–H groups in total. The molecular formula is C18H19N3O4S. The summed E-state index contributed by atoms with van der Waals surface area (Å²) in [5.41, 5.74) is 1.68. The van der Waals surface area contributed by atoms with Gasteiger partial charge in [-0.1, -0.05) is 18.2 Å². The number of aromatic nitrogens is 1. The second-order valence-electron chi connectivity index (χ2n) is 5.78. The molecule has 8 heteroatoms. The van der Waals surface area contributed by atoms with E-state index in [2.05, 4.69) is 10.6 Å². The van der Waals surface area contributed by atoms with Crippen molar-refractivity contribution in [3.8, 4) is 0 Å². The average molecular weight is 373 g/mol. The molecule has 0 spiro atoms. The zero-order chi connectivity index (χ0) is 18.5. The normalized spacial score (nSPS) is 15.7. The van der Waals surface area contributed by atoms with Crippen LogP contribution in [-0.4, -0.2) is 41.9 Å². The first kappa shape index (κ1) is 18.2. The minimum absolute atomic E-state index is 0.0933. The molecule has 1 aromatic heterocycles. The third-order valence-corrected chi connectivity index (χ3v) is 4.72. The Hall–Kier alpha value is -2.58. The number of thioether (sulfide) groups is 1. The largest absolute Gasteiger partial charge is 0.385 e. The number of rotatable bonds is 7. The van der Waals surface area contributed by atoms with Gasteiger partial charge in [-0.2, -0.15) is 0 Å². The Morgan fingerprint density at radius 3 is 2.88 bits per heavy atom. The fraction of sp³-hybridized carbons (Fsp3) is 0.278. The molecule has 0 atom stereocenters. The zero-order valence-electron chi connectivity index (χ0n) is 14.3. The summed E-state index contributed by atoms with van der Waals surface area (Å²) < 4.78 is 6.80. The van der Waals surface area contributed by atoms with Crippen LogP contribution in [0.15, 0.2) is 35.4 Å². The van der Waals surface area contributed by atoms with E-state index in [4.69, 9.17) is 4.74 Å². The highest BCUT2D eigenvalue weighted by Crippen LogP contribution is 2.29. The van der Waals surface area contributed by atoms with Crippen molar-refractivity contribution in [2.75, 3.05) is 20.3 Å². The molecule has 3 amide bonds. The molecule has 0 aliphatic carbocycles. The maximum absolute atomic E-state index is 12.2. The van der Waals surface area contributed by atoms with Gasteiger partial charge < -0.3 is 14.6 Å². The molecule has 2 heterocycles. The van der Waals surface area contributed by atoms with Crippen molar-refractivity contribution in [2.45, 2.75) is 13.0 Å². The highest BCUT2D eigenvalue weighted by Gasteiger charge is 2.25. The second kappa shape index (κ2) is 8.20. The number of hydrogen-bond donors (Lipinski definition) is 2. The first-order valence-corrected chi connectivity index (χ1v) is 8.98. The van der Waals surface area contributed by atoms with Crippen molar-refractivity contribution in [2.24, 2.45) is 0 Å². The average Bonchev–Trinajstić information content (AvgIpc) is 3.12. The van der Waals surface area contributed by atoms with Crippen LogP contribution in [0.1, 0.15) is 12.0 Å². The van der Waals surface area contributed by atoms with Gasteiger partial charge in [-0.05, 0) is 30.3 Å². The minimum atomic E-state index is -0.396. The van der Waals surface area contributed by atoms with Crippen molar-refractivity contribution >= 4 is 45.8 Å². The summed E-state index contributed by atoms with van der Waals surface area (Å²) in [6.07, 6.45) is 4.26. The monoisotopic (exact) mass is 373 g/mol. The lowest BCUT2D eigenvalue weighted by atomic mass is 10.1. The van der Waals surface area contributed by atoms with Crippen LogP contribution in [0.3, 0.4) is 0 Å². The van der Waals surface area contributed by atoms with Crippen LogP contribution in [0.4, 0.5) is 4.79 Å². The number of nitrogens with one attached hydrogen (secondary N) is 2. The number of carbonyl (C=O) groups is 3. The van der Waals surface area contributed by atoms with E-state index in [0.29, 0.717) is 18.1 Å². The molecule has 1 aliphatic heterocycles. The Morgan fingerprint density at radius 2 is 2.15 bits per heavy atom. The molecule has 1 aromatic carbocycles. The predicted octanol–water partition coefficient (Wildman–Crippen LogP) is 2.12. The van der Waals surface area contributed by atoms with Gasteiger partial charge in [-0.3, -0.25) is 19.7 Å². The Bertz CT molecular complexity index is 888. The van der Waals surface area contributed by atoms with Crippen LogP contribution in [0.2, 0.25) is 0 Å². The van der Waals surface area contributed by atoms with E-state index in [9.17, 15) is 14.4 Å². The lowest BCUT2D eigenvalue weighted by Crippen LogP contribution is -2.28. The van der Waals surface area contributed by atoms with Crippen LogP contribution in [0.5, 0.6) is 0 Å². The fourth-order valence-corrected chi connectivity index (χ4v) is 3.41. The SMILES string of the molecule is COCCCNC(=O)Cn1cc(/C=C2\SC(=O)NC2=O)c2ccccc21. The van der Waals surface area contributed by atoms with Crippen LogP contribution in [-0.2, 0) is 20.9 Å². The standard InChI is InChI=1S/C18H19N3O4S/c1-25-8-4-7-19-16(22)11-21-10-12(13-5-2-3-6-14(13)21)9-15-17(23)20-18(24)26-15/h2-3,5-6,9-10H,4,7-8,11H2,1H3,(H,19,22)(H,20,23,24)/b15-9-. The lowest BCUT2D eigenvalue weighted by molar-refractivity contribution is -0.121. The Kier molecular flexibility index (Phi) is 5.75. The number of methoxy groups -OCH3 is 1. The van der Waals surface area contributed by atoms with Gasteiger partial charge in [0.25, 0.3) is 11.1 Å². The first-order chi connectivity index (χ1) is 12.6. The molecule has 0 radical (unpaired) electrons. The highest BCUT2D eigenvalue weighted by atomic mass is 32.2. The van der Waals surface area contributed by atoms with E-state index in [1.807, 2.05) is 35.0 Å². The number of fused-ring (bicyclic) bond motifs is 1. The molecule has 26 heavy (non-hydrogen) atoms. The maximum atomic E-state index is 12.2. The summed E-state index contributed by atoms with van der Waals surface area (Å²) in [6, 6.07) is 7.63. The molecule has 1 aliphatic rings. The van der Waals surface area contributed by atoms with E-state index in [1.165, 1.54) is 0 Å². The molecule has 2 aromatic rings. The molecule has 0 saturated carbocycles. The topological polar surface area (TPSA) is 89.4 Å². The van der Waals surface area contributed by atoms with Gasteiger partial charge in [0.1, 0.15) is 6.54 Å². The van der Waals surface area contributed by atoms with Gasteiger partial charge in [0.15, 0.2) is 0 Å². The predicted molar refractivity (Wildman–Crippen MR) is 101 cm³/mol. The summed E-state index contributed by atoms with van der Waals surface area (Å²) in [5, 5.41) is 5.64. The van der Waals surface area contributed by atoms with Crippen molar-refractivity contribution in [1.29, 1.82) is 0 Å². The maximum Gasteiger partial charge on any atom is 0.290 e. The molecule has 3 rings (SSSR count). The van der Waals surface area contributed by atoms with Crippen molar-refractivity contribution in [3.63, 3.8) is 0 Å². The second-order valence-corrected chi connectivity index (χ2v) is 6.79. The Labute approximate surface area is 154 Å². The van der Waals surface area contributed by atoms with Crippen molar-refractivity contribution in [3.05, 3.63) is 40.9 Å². The van der Waals surface area contributed by atoms with Gasteiger partial charge in [0.2, 0.25) is 5.91 Å². The molecule has 7 nitrogen and oxygen atoms in total. The number of amides is 3. The smallest absolute Gasteiger partial charge is 0.290 e. The number of benzene rings is 1. The summed E-state index contributed by atoms with van der Waals surface area (Å²) in [7, 11) is 1.63. The van der Waals surface area contributed by atoms with E-state index in [1.54, 1.807) is 13.2 Å². The van der Waals surface area contributed by atoms with E-state index >= 15 is 0 Å². The van der Waals surface area contributed by atoms with Crippen molar-refractivity contribution < 1.29 is 19.1 Å². The van der Waals surface area contributed by atoms with Gasteiger partial charge in [0, 0.05) is 42.9 Å². The Morgan fingerprint density at radius 1 is 1.35 bits per heavy atom. The summed E-state index contributed by atoms with van der Waals surface area (Å²) in [5.74, 6) is -0.489. The molecular weight excluding hydrogens is 354 g/mol. The number of hydrogen-bond acceptors (Lipinski definition) is 5. The molecule has 1 saturated heterocycles. The number of carbonyl (C=O) groups excluding carboxylic acids is 3. The molecule has 136 valence electrons. The minimum Gasteiger partial charge on any atom is -0.385 e. The van der Waals surface area contributed by atoms with Crippen LogP contribution < -0.4 is 10.6 Å². The quantitative estimate of drug-likeness (QED) is 0.573. The van der Waals surface area contributed by atoms with Gasteiger partial charge >= 0.3 is 0 Å². The molecule has 0 unspecified atom stereocenters. The van der Waals surface area contributed by atoms with Gasteiger partial charge in [-0.15, -0.1) is 0 Å². The lowest BCUT2D eigenvalue weighted by Gasteiger charge is -2.07. The number of nitrogens with zero attached hydrogens (tertiary/aromatic N) is 1.